The van der Waals surface area contributed by atoms with Crippen LogP contribution in [0.5, 0.6) is 0 Å². The minimum absolute atomic E-state index is 0.0740. The molecule has 28 heavy (non-hydrogen) atoms. The fourth-order valence-corrected chi connectivity index (χ4v) is 5.81. The van der Waals surface area contributed by atoms with Crippen molar-refractivity contribution >= 4 is 10.0 Å². The van der Waals surface area contributed by atoms with Gasteiger partial charge in [-0.25, -0.2) is 9.78 Å². The van der Waals surface area contributed by atoms with Gasteiger partial charge in [-0.15, -0.1) is 6.58 Å². The molecule has 4 heteroatoms. The van der Waals surface area contributed by atoms with Crippen LogP contribution < -0.4 is 0 Å². The Labute approximate surface area is 174 Å². The van der Waals surface area contributed by atoms with E-state index in [2.05, 4.69) is 72.4 Å². The molecule has 0 aromatic heterocycles. The van der Waals surface area contributed by atoms with E-state index in [1.165, 1.54) is 4.91 Å². The minimum atomic E-state index is -1.13. The molecule has 1 rings (SSSR count). The minimum Gasteiger partial charge on any atom is -0.396 e. The normalized spacial score (nSPS) is 23.3. The topological polar surface area (TPSA) is 38.7 Å². The monoisotopic (exact) mass is 408 g/mol. The number of rotatable bonds is 9. The van der Waals surface area contributed by atoms with Crippen LogP contribution in [0.4, 0.5) is 0 Å². The molecule has 1 saturated heterocycles. The molecule has 0 amide bonds. The van der Waals surface area contributed by atoms with Gasteiger partial charge in [-0.2, -0.15) is 10.0 Å². The first kappa shape index (κ1) is 26.7. The third-order valence-corrected chi connectivity index (χ3v) is 9.84. The van der Waals surface area contributed by atoms with E-state index in [0.717, 1.165) is 17.7 Å². The van der Waals surface area contributed by atoms with Gasteiger partial charge in [0.15, 0.2) is 0 Å². The van der Waals surface area contributed by atoms with Gasteiger partial charge in [-0.1, -0.05) is 77.0 Å². The molecule has 1 heterocycles. The standard InChI is InChI=1S/C16H26S.C8H14O3/c1-9-12-13-15(11-3)17(8,14(4)10-2)16(5,6)7;1-2-3-7-6-8(4-5-9)11-10-7/h9-13H,1-2,4H2,3,5-8H3;2,7-9H,1,3-6H2/b13-12-,15-11+;. The van der Waals surface area contributed by atoms with Crippen LogP contribution in [-0.4, -0.2) is 34.9 Å². The SMILES string of the molecule is C=C/C=C\C(=C/C)S(C)(C(=C)C=C)C(C)(C)C.C=CCC1CC(CCO)OO1. The van der Waals surface area contributed by atoms with E-state index in [0.29, 0.717) is 6.42 Å². The van der Waals surface area contributed by atoms with Crippen molar-refractivity contribution in [2.45, 2.75) is 63.9 Å². The van der Waals surface area contributed by atoms with Crippen LogP contribution in [0, 0.1) is 0 Å². The van der Waals surface area contributed by atoms with Crippen LogP contribution >= 0.6 is 10.0 Å². The van der Waals surface area contributed by atoms with Crippen molar-refractivity contribution in [1.29, 1.82) is 0 Å². The molecule has 1 aliphatic heterocycles. The lowest BCUT2D eigenvalue weighted by Crippen LogP contribution is -2.25. The molecule has 1 aliphatic rings. The maximum atomic E-state index is 8.59. The Balaban J connectivity index is 0.000000567. The number of allylic oxidation sites excluding steroid dienone is 5. The summed E-state index contributed by atoms with van der Waals surface area (Å²) in [5.74, 6) is 0. The van der Waals surface area contributed by atoms with Crippen LogP contribution in [0.25, 0.3) is 0 Å². The van der Waals surface area contributed by atoms with Gasteiger partial charge in [0.25, 0.3) is 0 Å². The Morgan fingerprint density at radius 2 is 1.79 bits per heavy atom. The van der Waals surface area contributed by atoms with Crippen molar-refractivity contribution in [2.75, 3.05) is 12.9 Å². The highest BCUT2D eigenvalue weighted by molar-refractivity contribution is 8.40. The molecule has 0 aromatic rings. The molecule has 1 N–H and O–H groups in total. The molecule has 0 saturated carbocycles. The number of hydrogen-bond acceptors (Lipinski definition) is 3. The first-order valence-corrected chi connectivity index (χ1v) is 11.7. The summed E-state index contributed by atoms with van der Waals surface area (Å²) >= 11 is 0. The fourth-order valence-electron chi connectivity index (χ4n) is 2.86. The van der Waals surface area contributed by atoms with E-state index in [1.54, 1.807) is 0 Å². The quantitative estimate of drug-likeness (QED) is 0.265. The lowest BCUT2D eigenvalue weighted by Gasteiger charge is -2.49. The van der Waals surface area contributed by atoms with Crippen molar-refractivity contribution < 1.29 is 14.9 Å². The zero-order chi connectivity index (χ0) is 21.8. The summed E-state index contributed by atoms with van der Waals surface area (Å²) in [4.78, 5) is 12.4. The van der Waals surface area contributed by atoms with Crippen LogP contribution in [0.2, 0.25) is 0 Å². The Morgan fingerprint density at radius 3 is 2.21 bits per heavy atom. The lowest BCUT2D eigenvalue weighted by molar-refractivity contribution is -0.297. The summed E-state index contributed by atoms with van der Waals surface area (Å²) in [5.41, 5.74) is 0. The third kappa shape index (κ3) is 7.59. The Hall–Kier alpha value is -1.33. The molecular weight excluding hydrogens is 368 g/mol. The van der Waals surface area contributed by atoms with Gasteiger partial charge < -0.3 is 5.11 Å². The zero-order valence-corrected chi connectivity index (χ0v) is 19.3. The predicted octanol–water partition coefficient (Wildman–Crippen LogP) is 6.60. The maximum absolute atomic E-state index is 8.59. The Morgan fingerprint density at radius 1 is 1.18 bits per heavy atom. The van der Waals surface area contributed by atoms with E-state index in [9.17, 15) is 0 Å². The van der Waals surface area contributed by atoms with Gasteiger partial charge in [-0.05, 0) is 40.6 Å². The van der Waals surface area contributed by atoms with Gasteiger partial charge in [0.1, 0.15) is 0 Å². The average Bonchev–Trinajstić information content (AvgIpc) is 3.08. The molecule has 0 spiro atoms. The largest absolute Gasteiger partial charge is 0.396 e. The Bertz CT molecular complexity index is 583. The van der Waals surface area contributed by atoms with Gasteiger partial charge in [0.05, 0.1) is 12.2 Å². The second-order valence-electron chi connectivity index (χ2n) is 7.70. The summed E-state index contributed by atoms with van der Waals surface area (Å²) < 4.78 is 0.158. The highest BCUT2D eigenvalue weighted by Crippen LogP contribution is 2.67. The summed E-state index contributed by atoms with van der Waals surface area (Å²) in [7, 11) is -1.13. The molecular formula is C24H40O3S. The third-order valence-electron chi connectivity index (χ3n) is 4.86. The van der Waals surface area contributed by atoms with E-state index >= 15 is 0 Å². The van der Waals surface area contributed by atoms with Crippen LogP contribution in [0.3, 0.4) is 0 Å². The van der Waals surface area contributed by atoms with Crippen molar-refractivity contribution in [3.05, 3.63) is 72.6 Å². The first-order valence-electron chi connectivity index (χ1n) is 9.70. The second kappa shape index (κ2) is 13.0. The number of aliphatic hydroxyl groups excluding tert-OH is 1. The van der Waals surface area contributed by atoms with Gasteiger partial charge in [0.2, 0.25) is 0 Å². The van der Waals surface area contributed by atoms with Gasteiger partial charge >= 0.3 is 0 Å². The van der Waals surface area contributed by atoms with Crippen LogP contribution in [-0.2, 0) is 9.78 Å². The summed E-state index contributed by atoms with van der Waals surface area (Å²) in [6, 6.07) is 0. The molecule has 0 aliphatic carbocycles. The van der Waals surface area contributed by atoms with E-state index < -0.39 is 10.0 Å². The lowest BCUT2D eigenvalue weighted by atomic mass is 10.1. The summed E-state index contributed by atoms with van der Waals surface area (Å²) in [6.45, 7) is 24.5. The van der Waals surface area contributed by atoms with E-state index in [-0.39, 0.29) is 23.6 Å². The van der Waals surface area contributed by atoms with Crippen molar-refractivity contribution in [2.24, 2.45) is 0 Å². The summed E-state index contributed by atoms with van der Waals surface area (Å²) in [6.07, 6.45) is 16.7. The van der Waals surface area contributed by atoms with E-state index in [1.807, 2.05) is 24.3 Å². The number of aliphatic hydroxyl groups is 1. The molecule has 160 valence electrons. The maximum Gasteiger partial charge on any atom is 0.0990 e. The van der Waals surface area contributed by atoms with Gasteiger partial charge in [-0.3, -0.25) is 0 Å². The molecule has 0 bridgehead atoms. The predicted molar refractivity (Wildman–Crippen MR) is 127 cm³/mol. The first-order chi connectivity index (χ1) is 13.1. The summed E-state index contributed by atoms with van der Waals surface area (Å²) in [5, 5.41) is 8.59. The average molecular weight is 409 g/mol. The fraction of sp³-hybridized carbons (Fsp3) is 0.500. The zero-order valence-electron chi connectivity index (χ0n) is 18.4. The molecule has 0 radical (unpaired) electrons. The highest BCUT2D eigenvalue weighted by atomic mass is 32.3. The number of hydrogen-bond donors (Lipinski definition) is 1. The van der Waals surface area contributed by atoms with Crippen molar-refractivity contribution in [3.63, 3.8) is 0 Å². The Kier molecular flexibility index (Phi) is 12.4. The molecule has 1 fully saturated rings. The van der Waals surface area contributed by atoms with E-state index in [4.69, 9.17) is 14.9 Å². The second-order valence-corrected chi connectivity index (χ2v) is 11.8. The molecule has 3 nitrogen and oxygen atoms in total. The van der Waals surface area contributed by atoms with Crippen LogP contribution in [0.1, 0.15) is 47.0 Å². The van der Waals surface area contributed by atoms with Gasteiger partial charge in [0, 0.05) is 13.0 Å². The molecule has 0 aromatic carbocycles. The van der Waals surface area contributed by atoms with Crippen molar-refractivity contribution in [3.8, 4) is 0 Å². The van der Waals surface area contributed by atoms with Crippen molar-refractivity contribution in [1.82, 2.24) is 0 Å². The smallest absolute Gasteiger partial charge is 0.0990 e. The molecule has 3 unspecified atom stereocenters. The van der Waals surface area contributed by atoms with Crippen LogP contribution in [0.15, 0.2) is 72.6 Å². The molecule has 3 atom stereocenters. The highest BCUT2D eigenvalue weighted by Gasteiger charge is 2.35.